The number of pyridine rings is 1. The fourth-order valence-corrected chi connectivity index (χ4v) is 2.98. The van der Waals surface area contributed by atoms with Crippen LogP contribution >= 0.6 is 0 Å². The third-order valence-corrected chi connectivity index (χ3v) is 4.16. The van der Waals surface area contributed by atoms with Crippen molar-refractivity contribution in [3.63, 3.8) is 0 Å². The summed E-state index contributed by atoms with van der Waals surface area (Å²) in [7, 11) is 0. The summed E-state index contributed by atoms with van der Waals surface area (Å²) in [5.74, 6) is -0.576. The Balaban J connectivity index is 1.86. The van der Waals surface area contributed by atoms with Gasteiger partial charge in [0.05, 0.1) is 10.8 Å². The van der Waals surface area contributed by atoms with E-state index in [1.165, 1.54) is 12.3 Å². The number of phenolic OH excluding ortho intramolecular Hbond substituents is 1. The molecule has 4 aromatic rings. The van der Waals surface area contributed by atoms with E-state index < -0.39 is 5.95 Å². The smallest absolute Gasteiger partial charge is 0.212 e. The summed E-state index contributed by atoms with van der Waals surface area (Å²) in [5, 5.41) is 10.9. The van der Waals surface area contributed by atoms with E-state index in [0.29, 0.717) is 22.8 Å². The molecule has 0 fully saturated rings. The van der Waals surface area contributed by atoms with Gasteiger partial charge in [0, 0.05) is 6.20 Å². The lowest BCUT2D eigenvalue weighted by molar-refractivity contribution is 0.467. The van der Waals surface area contributed by atoms with E-state index in [-0.39, 0.29) is 16.8 Å². The molecule has 0 amide bonds. The first-order valence-electron chi connectivity index (χ1n) is 7.81. The number of aryl methyl sites for hydroxylation is 1. The lowest BCUT2D eigenvalue weighted by atomic mass is 10.0. The second kappa shape index (κ2) is 5.70. The first-order chi connectivity index (χ1) is 12.0. The summed E-state index contributed by atoms with van der Waals surface area (Å²) in [6, 6.07) is 11.6. The zero-order valence-electron chi connectivity index (χ0n) is 13.4. The molecule has 4 nitrogen and oxygen atoms in total. The minimum atomic E-state index is -0.523. The molecule has 0 saturated carbocycles. The van der Waals surface area contributed by atoms with E-state index >= 15 is 0 Å². The summed E-state index contributed by atoms with van der Waals surface area (Å²) in [4.78, 5) is 16.3. The first kappa shape index (κ1) is 15.3. The third-order valence-electron chi connectivity index (χ3n) is 4.16. The highest BCUT2D eigenvalue weighted by Crippen LogP contribution is 2.28. The Bertz CT molecular complexity index is 1160. The van der Waals surface area contributed by atoms with Crippen LogP contribution in [0.2, 0.25) is 0 Å². The molecule has 0 atom stereocenters. The van der Waals surface area contributed by atoms with Gasteiger partial charge >= 0.3 is 0 Å². The average molecular weight is 335 g/mol. The molecule has 5 heteroatoms. The molecular weight excluding hydrogens is 321 g/mol. The normalized spacial score (nSPS) is 11.3. The predicted octanol–water partition coefficient (Wildman–Crippen LogP) is 4.09. The number of fused-ring (bicyclic) bond motifs is 2. The Kier molecular flexibility index (Phi) is 3.50. The van der Waals surface area contributed by atoms with Crippen molar-refractivity contribution < 1.29 is 13.9 Å². The fourth-order valence-electron chi connectivity index (χ4n) is 2.98. The molecule has 0 radical (unpaired) electrons. The van der Waals surface area contributed by atoms with E-state index in [0.717, 1.165) is 16.7 Å². The molecule has 0 aliphatic heterocycles. The number of benzene rings is 2. The highest BCUT2D eigenvalue weighted by molar-refractivity contribution is 5.92. The summed E-state index contributed by atoms with van der Waals surface area (Å²) in [6.45, 7) is 1.81. The summed E-state index contributed by atoms with van der Waals surface area (Å²) in [5.41, 5.74) is 2.95. The molecule has 2 aromatic carbocycles. The van der Waals surface area contributed by atoms with Crippen molar-refractivity contribution in [2.24, 2.45) is 0 Å². The lowest BCUT2D eigenvalue weighted by Crippen LogP contribution is -2.03. The van der Waals surface area contributed by atoms with Gasteiger partial charge in [-0.25, -0.2) is 4.98 Å². The summed E-state index contributed by atoms with van der Waals surface area (Å²) >= 11 is 0. The minimum absolute atomic E-state index is 0.0536. The van der Waals surface area contributed by atoms with Crippen LogP contribution in [0.1, 0.15) is 16.7 Å². The molecule has 2 aromatic heterocycles. The SMILES string of the molecule is Cc1cc(O)c2oc3cc(Cc4ccc(F)nc4)ccc3c(=O)c2c1. The van der Waals surface area contributed by atoms with Crippen LogP contribution in [-0.2, 0) is 6.42 Å². The topological polar surface area (TPSA) is 63.3 Å². The van der Waals surface area contributed by atoms with Crippen LogP contribution in [0, 0.1) is 12.9 Å². The van der Waals surface area contributed by atoms with Gasteiger partial charge in [0.2, 0.25) is 11.4 Å². The Hall–Kier alpha value is -3.21. The van der Waals surface area contributed by atoms with Crippen LogP contribution in [0.5, 0.6) is 5.75 Å². The highest BCUT2D eigenvalue weighted by atomic mass is 19.1. The van der Waals surface area contributed by atoms with Crippen LogP contribution in [0.25, 0.3) is 21.9 Å². The van der Waals surface area contributed by atoms with Crippen LogP contribution in [0.4, 0.5) is 4.39 Å². The van der Waals surface area contributed by atoms with Crippen LogP contribution in [0.15, 0.2) is 57.9 Å². The first-order valence-corrected chi connectivity index (χ1v) is 7.81. The number of rotatable bonds is 2. The summed E-state index contributed by atoms with van der Waals surface area (Å²) < 4.78 is 18.7. The number of hydrogen-bond acceptors (Lipinski definition) is 4. The maximum absolute atomic E-state index is 12.9. The van der Waals surface area contributed by atoms with Crippen molar-refractivity contribution in [1.29, 1.82) is 0 Å². The lowest BCUT2D eigenvalue weighted by Gasteiger charge is -2.07. The van der Waals surface area contributed by atoms with Gasteiger partial charge in [0.15, 0.2) is 11.3 Å². The molecule has 2 heterocycles. The van der Waals surface area contributed by atoms with Gasteiger partial charge in [-0.15, -0.1) is 0 Å². The zero-order valence-corrected chi connectivity index (χ0v) is 13.4. The number of phenols is 1. The van der Waals surface area contributed by atoms with Crippen molar-refractivity contribution in [2.75, 3.05) is 0 Å². The van der Waals surface area contributed by atoms with E-state index in [2.05, 4.69) is 4.98 Å². The Morgan fingerprint density at radius 2 is 1.88 bits per heavy atom. The number of hydrogen-bond donors (Lipinski definition) is 1. The minimum Gasteiger partial charge on any atom is -0.504 e. The van der Waals surface area contributed by atoms with Crippen LogP contribution in [0.3, 0.4) is 0 Å². The fraction of sp³-hybridized carbons (Fsp3) is 0.100. The number of aromatic hydroxyl groups is 1. The second-order valence-corrected chi connectivity index (χ2v) is 6.09. The molecule has 0 bridgehead atoms. The van der Waals surface area contributed by atoms with Gasteiger partial charge in [-0.2, -0.15) is 4.39 Å². The van der Waals surface area contributed by atoms with Gasteiger partial charge < -0.3 is 9.52 Å². The Labute approximate surface area is 142 Å². The molecule has 124 valence electrons. The van der Waals surface area contributed by atoms with Gasteiger partial charge in [-0.05, 0) is 60.4 Å². The average Bonchev–Trinajstić information content (AvgIpc) is 2.58. The van der Waals surface area contributed by atoms with Crippen molar-refractivity contribution >= 4 is 21.9 Å². The van der Waals surface area contributed by atoms with Gasteiger partial charge in [-0.1, -0.05) is 12.1 Å². The van der Waals surface area contributed by atoms with Crippen molar-refractivity contribution in [1.82, 2.24) is 4.98 Å². The van der Waals surface area contributed by atoms with Crippen molar-refractivity contribution in [3.8, 4) is 5.75 Å². The molecule has 25 heavy (non-hydrogen) atoms. The molecule has 4 rings (SSSR count). The van der Waals surface area contributed by atoms with E-state index in [9.17, 15) is 14.3 Å². The van der Waals surface area contributed by atoms with Crippen LogP contribution < -0.4 is 5.43 Å². The van der Waals surface area contributed by atoms with Gasteiger partial charge in [-0.3, -0.25) is 4.79 Å². The monoisotopic (exact) mass is 335 g/mol. The maximum Gasteiger partial charge on any atom is 0.212 e. The second-order valence-electron chi connectivity index (χ2n) is 6.09. The number of nitrogens with zero attached hydrogens (tertiary/aromatic N) is 1. The van der Waals surface area contributed by atoms with E-state index in [1.807, 2.05) is 13.0 Å². The van der Waals surface area contributed by atoms with Crippen LogP contribution in [-0.4, -0.2) is 10.1 Å². The van der Waals surface area contributed by atoms with E-state index in [4.69, 9.17) is 4.42 Å². The molecule has 0 aliphatic carbocycles. The van der Waals surface area contributed by atoms with Gasteiger partial charge in [0.25, 0.3) is 0 Å². The van der Waals surface area contributed by atoms with Crippen molar-refractivity contribution in [2.45, 2.75) is 13.3 Å². The number of aromatic nitrogens is 1. The summed E-state index contributed by atoms with van der Waals surface area (Å²) in [6.07, 6.45) is 2.01. The Morgan fingerprint density at radius 1 is 1.08 bits per heavy atom. The largest absolute Gasteiger partial charge is 0.504 e. The Morgan fingerprint density at radius 3 is 2.64 bits per heavy atom. The molecule has 0 saturated heterocycles. The molecule has 0 aliphatic rings. The van der Waals surface area contributed by atoms with E-state index in [1.54, 1.807) is 30.3 Å². The van der Waals surface area contributed by atoms with Gasteiger partial charge in [0.1, 0.15) is 5.58 Å². The third kappa shape index (κ3) is 2.74. The van der Waals surface area contributed by atoms with Crippen molar-refractivity contribution in [3.05, 3.63) is 81.5 Å². The zero-order chi connectivity index (χ0) is 17.6. The highest BCUT2D eigenvalue weighted by Gasteiger charge is 2.12. The molecule has 0 unspecified atom stereocenters. The predicted molar refractivity (Wildman–Crippen MR) is 93.4 cm³/mol. The maximum atomic E-state index is 12.9. The number of halogens is 1. The molecule has 1 N–H and O–H groups in total. The molecular formula is C20H14FNO3. The standard InChI is InChI=1S/C20H14FNO3/c1-11-6-15-19(24)14-4-2-12(8-13-3-5-18(21)22-10-13)9-17(14)25-20(15)16(23)7-11/h2-7,9-10,23H,8H2,1H3. The quantitative estimate of drug-likeness (QED) is 0.443. The molecule has 0 spiro atoms.